The van der Waals surface area contributed by atoms with E-state index in [1.165, 1.54) is 0 Å². The Kier molecular flexibility index (Phi) is 3.56. The number of hydrogen-bond donors (Lipinski definition) is 0. The molecule has 1 saturated heterocycles. The van der Waals surface area contributed by atoms with Gasteiger partial charge in [0.2, 0.25) is 5.91 Å². The van der Waals surface area contributed by atoms with Gasteiger partial charge in [-0.05, 0) is 25.2 Å². The van der Waals surface area contributed by atoms with Gasteiger partial charge in [-0.3, -0.25) is 4.79 Å². The highest BCUT2D eigenvalue weighted by atomic mass is 32.2. The van der Waals surface area contributed by atoms with Gasteiger partial charge in [0.1, 0.15) is 0 Å². The number of carbonyl (C=O) groups excluding carboxylic acids is 1. The first-order valence-electron chi connectivity index (χ1n) is 6.11. The number of allylic oxidation sites excluding steroid dienone is 2. The van der Waals surface area contributed by atoms with Crippen molar-refractivity contribution in [1.82, 2.24) is 4.90 Å². The molecule has 1 amide bonds. The van der Waals surface area contributed by atoms with Gasteiger partial charge in [-0.2, -0.15) is 0 Å². The second-order valence-electron chi connectivity index (χ2n) is 5.03. The van der Waals surface area contributed by atoms with Crippen molar-refractivity contribution in [2.45, 2.75) is 31.7 Å². The van der Waals surface area contributed by atoms with Crippen molar-refractivity contribution in [3.63, 3.8) is 0 Å². The summed E-state index contributed by atoms with van der Waals surface area (Å²) in [6.07, 6.45) is 7.41. The molecule has 0 saturated carbocycles. The largest absolute Gasteiger partial charge is 0.342 e. The van der Waals surface area contributed by atoms with Crippen LogP contribution in [0.4, 0.5) is 0 Å². The first-order chi connectivity index (χ1) is 7.98. The van der Waals surface area contributed by atoms with Crippen LogP contribution in [-0.4, -0.2) is 43.8 Å². The van der Waals surface area contributed by atoms with Crippen LogP contribution < -0.4 is 0 Å². The Bertz CT molecular complexity index is 427. The molecular weight excluding hydrogens is 238 g/mol. The second kappa shape index (κ2) is 4.80. The van der Waals surface area contributed by atoms with Crippen LogP contribution in [0.1, 0.15) is 25.7 Å². The zero-order chi connectivity index (χ0) is 12.5. The summed E-state index contributed by atoms with van der Waals surface area (Å²) < 4.78 is 22.7. The SMILES string of the molecule is CN(C(=O)CC1C=CCC1)C1CCS(=O)(=O)C1. The molecule has 2 rings (SSSR count). The summed E-state index contributed by atoms with van der Waals surface area (Å²) in [5.74, 6) is 0.778. The monoisotopic (exact) mass is 257 g/mol. The molecule has 17 heavy (non-hydrogen) atoms. The van der Waals surface area contributed by atoms with E-state index in [0.29, 0.717) is 18.8 Å². The van der Waals surface area contributed by atoms with Crippen LogP contribution in [0.15, 0.2) is 12.2 Å². The van der Waals surface area contributed by atoms with Crippen LogP contribution in [0.25, 0.3) is 0 Å². The molecule has 0 aromatic carbocycles. The minimum absolute atomic E-state index is 0.0728. The topological polar surface area (TPSA) is 54.5 Å². The van der Waals surface area contributed by atoms with E-state index in [0.717, 1.165) is 12.8 Å². The van der Waals surface area contributed by atoms with E-state index in [2.05, 4.69) is 12.2 Å². The molecule has 1 aliphatic heterocycles. The number of hydrogen-bond acceptors (Lipinski definition) is 3. The molecule has 1 heterocycles. The van der Waals surface area contributed by atoms with Crippen molar-refractivity contribution in [3.05, 3.63) is 12.2 Å². The second-order valence-corrected chi connectivity index (χ2v) is 7.26. The molecule has 0 aromatic rings. The average Bonchev–Trinajstić information content (AvgIpc) is 2.86. The Morgan fingerprint density at radius 1 is 1.41 bits per heavy atom. The van der Waals surface area contributed by atoms with Gasteiger partial charge in [-0.25, -0.2) is 8.42 Å². The number of carbonyl (C=O) groups is 1. The molecular formula is C12H19NO3S. The van der Waals surface area contributed by atoms with Crippen LogP contribution >= 0.6 is 0 Å². The lowest BCUT2D eigenvalue weighted by Gasteiger charge is -2.24. The summed E-state index contributed by atoms with van der Waals surface area (Å²) in [5, 5.41) is 0. The minimum Gasteiger partial charge on any atom is -0.342 e. The summed E-state index contributed by atoms with van der Waals surface area (Å²) in [6.45, 7) is 0. The van der Waals surface area contributed by atoms with Crippen LogP contribution in [-0.2, 0) is 14.6 Å². The van der Waals surface area contributed by atoms with Gasteiger partial charge in [0, 0.05) is 19.5 Å². The van der Waals surface area contributed by atoms with Gasteiger partial charge >= 0.3 is 0 Å². The van der Waals surface area contributed by atoms with E-state index in [1.807, 2.05) is 0 Å². The highest BCUT2D eigenvalue weighted by Crippen LogP contribution is 2.23. The fourth-order valence-corrected chi connectivity index (χ4v) is 4.29. The fraction of sp³-hybridized carbons (Fsp3) is 0.750. The lowest BCUT2D eigenvalue weighted by molar-refractivity contribution is -0.132. The van der Waals surface area contributed by atoms with E-state index in [4.69, 9.17) is 0 Å². The highest BCUT2D eigenvalue weighted by Gasteiger charge is 2.33. The lowest BCUT2D eigenvalue weighted by Crippen LogP contribution is -2.38. The van der Waals surface area contributed by atoms with Gasteiger partial charge in [0.25, 0.3) is 0 Å². The maximum Gasteiger partial charge on any atom is 0.223 e. The van der Waals surface area contributed by atoms with E-state index >= 15 is 0 Å². The number of nitrogens with zero attached hydrogens (tertiary/aromatic N) is 1. The zero-order valence-corrected chi connectivity index (χ0v) is 10.9. The fourth-order valence-electron chi connectivity index (χ4n) is 2.52. The molecule has 0 spiro atoms. The Labute approximate surface area is 103 Å². The van der Waals surface area contributed by atoms with Crippen LogP contribution in [0, 0.1) is 5.92 Å². The van der Waals surface area contributed by atoms with Crippen LogP contribution in [0.2, 0.25) is 0 Å². The van der Waals surface area contributed by atoms with Gasteiger partial charge in [-0.15, -0.1) is 0 Å². The van der Waals surface area contributed by atoms with Gasteiger partial charge < -0.3 is 4.90 Å². The molecule has 2 unspecified atom stereocenters. The Hall–Kier alpha value is -0.840. The number of sulfone groups is 1. The molecule has 1 fully saturated rings. The number of amides is 1. The summed E-state index contributed by atoms with van der Waals surface area (Å²) in [5.41, 5.74) is 0. The first-order valence-corrected chi connectivity index (χ1v) is 7.93. The standard InChI is InChI=1S/C12H19NO3S/c1-13(11-6-7-17(15,16)9-11)12(14)8-10-4-2-3-5-10/h2,4,10-11H,3,5-9H2,1H3. The predicted molar refractivity (Wildman–Crippen MR) is 66.3 cm³/mol. The van der Waals surface area contributed by atoms with Crippen molar-refractivity contribution >= 4 is 15.7 Å². The Morgan fingerprint density at radius 3 is 2.71 bits per heavy atom. The Morgan fingerprint density at radius 2 is 2.18 bits per heavy atom. The van der Waals surface area contributed by atoms with Crippen LogP contribution in [0.5, 0.6) is 0 Å². The third-order valence-corrected chi connectivity index (χ3v) is 5.45. The zero-order valence-electron chi connectivity index (χ0n) is 10.1. The lowest BCUT2D eigenvalue weighted by atomic mass is 10.0. The van der Waals surface area contributed by atoms with Crippen molar-refractivity contribution in [2.24, 2.45) is 5.92 Å². The summed E-state index contributed by atoms with van der Waals surface area (Å²) in [7, 11) is -1.18. The van der Waals surface area contributed by atoms with Gasteiger partial charge in [-0.1, -0.05) is 12.2 Å². The van der Waals surface area contributed by atoms with Gasteiger partial charge in [0.05, 0.1) is 11.5 Å². The molecule has 0 radical (unpaired) electrons. The smallest absolute Gasteiger partial charge is 0.223 e. The summed E-state index contributed by atoms with van der Waals surface area (Å²) in [4.78, 5) is 13.6. The summed E-state index contributed by atoms with van der Waals surface area (Å²) >= 11 is 0. The molecule has 0 N–H and O–H groups in total. The van der Waals surface area contributed by atoms with E-state index in [-0.39, 0.29) is 23.5 Å². The molecule has 96 valence electrons. The molecule has 2 aliphatic rings. The van der Waals surface area contributed by atoms with Crippen molar-refractivity contribution < 1.29 is 13.2 Å². The quantitative estimate of drug-likeness (QED) is 0.708. The minimum atomic E-state index is -2.91. The van der Waals surface area contributed by atoms with Crippen molar-refractivity contribution in [3.8, 4) is 0 Å². The highest BCUT2D eigenvalue weighted by molar-refractivity contribution is 7.91. The molecule has 4 nitrogen and oxygen atoms in total. The van der Waals surface area contributed by atoms with E-state index in [9.17, 15) is 13.2 Å². The van der Waals surface area contributed by atoms with E-state index < -0.39 is 9.84 Å². The third-order valence-electron chi connectivity index (χ3n) is 3.70. The first kappa shape index (κ1) is 12.6. The maximum absolute atomic E-state index is 12.0. The summed E-state index contributed by atoms with van der Waals surface area (Å²) in [6, 6.07) is -0.113. The molecule has 0 bridgehead atoms. The predicted octanol–water partition coefficient (Wildman–Crippen LogP) is 0.988. The van der Waals surface area contributed by atoms with Crippen molar-refractivity contribution in [1.29, 1.82) is 0 Å². The third kappa shape index (κ3) is 3.09. The molecule has 1 aliphatic carbocycles. The molecule has 2 atom stereocenters. The normalized spacial score (nSPS) is 30.6. The maximum atomic E-state index is 12.0. The Balaban J connectivity index is 1.89. The average molecular weight is 257 g/mol. The van der Waals surface area contributed by atoms with Crippen LogP contribution in [0.3, 0.4) is 0 Å². The number of rotatable bonds is 3. The molecule has 0 aromatic heterocycles. The molecule has 5 heteroatoms. The van der Waals surface area contributed by atoms with Crippen molar-refractivity contribution in [2.75, 3.05) is 18.6 Å². The van der Waals surface area contributed by atoms with Gasteiger partial charge in [0.15, 0.2) is 9.84 Å². The van der Waals surface area contributed by atoms with E-state index in [1.54, 1.807) is 11.9 Å².